The van der Waals surface area contributed by atoms with Gasteiger partial charge in [0, 0.05) is 5.69 Å². The number of nitrogens with one attached hydrogen (secondary N) is 1. The lowest BCUT2D eigenvalue weighted by atomic mass is 10.1. The van der Waals surface area contributed by atoms with Gasteiger partial charge in [0.15, 0.2) is 5.13 Å². The summed E-state index contributed by atoms with van der Waals surface area (Å²) in [5, 5.41) is 3.86. The van der Waals surface area contributed by atoms with Crippen molar-refractivity contribution in [2.45, 2.75) is 19.8 Å². The molecule has 0 bridgehead atoms. The molecule has 5 heteroatoms. The molecule has 1 N–H and O–H groups in total. The molecule has 0 spiro atoms. The van der Waals surface area contributed by atoms with E-state index in [9.17, 15) is 4.79 Å². The van der Waals surface area contributed by atoms with Gasteiger partial charge < -0.3 is 10.1 Å². The second-order valence-corrected chi connectivity index (χ2v) is 5.12. The number of aryl methyl sites for hydroxylation is 1. The van der Waals surface area contributed by atoms with Crippen molar-refractivity contribution in [3.8, 4) is 0 Å². The van der Waals surface area contributed by atoms with Gasteiger partial charge in [0.2, 0.25) is 0 Å². The second kappa shape index (κ2) is 6.33. The first-order valence-electron chi connectivity index (χ1n) is 6.13. The Kier molecular flexibility index (Phi) is 4.52. The summed E-state index contributed by atoms with van der Waals surface area (Å²) in [6, 6.07) is 8.23. The molecule has 100 valence electrons. The van der Waals surface area contributed by atoms with E-state index in [-0.39, 0.29) is 5.97 Å². The highest BCUT2D eigenvalue weighted by Crippen LogP contribution is 2.23. The number of nitrogens with zero attached hydrogens (tertiary/aromatic N) is 1. The SMILES string of the molecule is CCCc1ccc(Nc2ncc(C(=O)OC)s2)cc1. The van der Waals surface area contributed by atoms with Crippen LogP contribution in [0.1, 0.15) is 28.6 Å². The molecule has 1 aromatic heterocycles. The third kappa shape index (κ3) is 3.54. The molecule has 19 heavy (non-hydrogen) atoms. The molecule has 4 nitrogen and oxygen atoms in total. The molecule has 0 aliphatic rings. The zero-order valence-corrected chi connectivity index (χ0v) is 11.8. The lowest BCUT2D eigenvalue weighted by molar-refractivity contribution is 0.0606. The van der Waals surface area contributed by atoms with Crippen molar-refractivity contribution in [1.82, 2.24) is 4.98 Å². The predicted octanol–water partition coefficient (Wildman–Crippen LogP) is 3.63. The van der Waals surface area contributed by atoms with E-state index < -0.39 is 0 Å². The van der Waals surface area contributed by atoms with Gasteiger partial charge in [-0.2, -0.15) is 0 Å². The third-order valence-electron chi connectivity index (χ3n) is 2.64. The highest BCUT2D eigenvalue weighted by atomic mass is 32.1. The number of esters is 1. The third-order valence-corrected chi connectivity index (χ3v) is 3.53. The summed E-state index contributed by atoms with van der Waals surface area (Å²) in [6.07, 6.45) is 3.75. The smallest absolute Gasteiger partial charge is 0.349 e. The number of rotatable bonds is 5. The minimum Gasteiger partial charge on any atom is -0.465 e. The van der Waals surface area contributed by atoms with Crippen LogP contribution in [0, 0.1) is 0 Å². The number of hydrogen-bond acceptors (Lipinski definition) is 5. The summed E-state index contributed by atoms with van der Waals surface area (Å²) in [5.74, 6) is -0.358. The predicted molar refractivity (Wildman–Crippen MR) is 77.2 cm³/mol. The van der Waals surface area contributed by atoms with Gasteiger partial charge in [-0.1, -0.05) is 36.8 Å². The molecule has 0 fully saturated rings. The first-order valence-corrected chi connectivity index (χ1v) is 6.94. The first kappa shape index (κ1) is 13.5. The number of aromatic nitrogens is 1. The molecule has 0 aliphatic heterocycles. The summed E-state index contributed by atoms with van der Waals surface area (Å²) in [5.41, 5.74) is 2.29. The van der Waals surface area contributed by atoms with Gasteiger partial charge in [0.05, 0.1) is 13.3 Å². The number of carbonyl (C=O) groups is 1. The number of ether oxygens (including phenoxy) is 1. The van der Waals surface area contributed by atoms with Crippen LogP contribution in [-0.2, 0) is 11.2 Å². The van der Waals surface area contributed by atoms with E-state index in [1.165, 1.54) is 30.2 Å². The largest absolute Gasteiger partial charge is 0.465 e. The Morgan fingerprint density at radius 1 is 1.37 bits per heavy atom. The monoisotopic (exact) mass is 276 g/mol. The van der Waals surface area contributed by atoms with Gasteiger partial charge >= 0.3 is 5.97 Å². The van der Waals surface area contributed by atoms with E-state index in [0.29, 0.717) is 10.0 Å². The van der Waals surface area contributed by atoms with Crippen molar-refractivity contribution in [1.29, 1.82) is 0 Å². The Bertz CT molecular complexity index is 549. The molecule has 1 heterocycles. The summed E-state index contributed by atoms with van der Waals surface area (Å²) < 4.78 is 4.65. The zero-order chi connectivity index (χ0) is 13.7. The molecule has 0 unspecified atom stereocenters. The molecule has 0 saturated carbocycles. The molecule has 0 aliphatic carbocycles. The summed E-state index contributed by atoms with van der Waals surface area (Å²) in [4.78, 5) is 16.0. The molecular formula is C14H16N2O2S. The van der Waals surface area contributed by atoms with E-state index in [1.54, 1.807) is 0 Å². The van der Waals surface area contributed by atoms with Crippen molar-refractivity contribution in [2.24, 2.45) is 0 Å². The topological polar surface area (TPSA) is 51.2 Å². The minimum atomic E-state index is -0.358. The van der Waals surface area contributed by atoms with Crippen LogP contribution in [0.15, 0.2) is 30.5 Å². The Morgan fingerprint density at radius 3 is 2.74 bits per heavy atom. The fourth-order valence-electron chi connectivity index (χ4n) is 1.69. The molecule has 0 atom stereocenters. The Balaban J connectivity index is 2.04. The zero-order valence-electron chi connectivity index (χ0n) is 11.0. The van der Waals surface area contributed by atoms with Gasteiger partial charge in [-0.25, -0.2) is 9.78 Å². The van der Waals surface area contributed by atoms with Crippen LogP contribution in [0.4, 0.5) is 10.8 Å². The van der Waals surface area contributed by atoms with Crippen molar-refractivity contribution in [3.05, 3.63) is 40.9 Å². The van der Waals surface area contributed by atoms with Crippen LogP contribution in [-0.4, -0.2) is 18.1 Å². The quantitative estimate of drug-likeness (QED) is 0.847. The lowest BCUT2D eigenvalue weighted by Gasteiger charge is -2.03. The van der Waals surface area contributed by atoms with E-state index in [4.69, 9.17) is 0 Å². The molecule has 0 saturated heterocycles. The van der Waals surface area contributed by atoms with E-state index in [0.717, 1.165) is 18.5 Å². The number of thiazole rings is 1. The van der Waals surface area contributed by atoms with E-state index >= 15 is 0 Å². The van der Waals surface area contributed by atoms with Crippen LogP contribution >= 0.6 is 11.3 Å². The molecule has 1 aromatic carbocycles. The fourth-order valence-corrected chi connectivity index (χ4v) is 2.45. The van der Waals surface area contributed by atoms with E-state index in [2.05, 4.69) is 34.1 Å². The number of carbonyl (C=O) groups excluding carboxylic acids is 1. The first-order chi connectivity index (χ1) is 9.22. The summed E-state index contributed by atoms with van der Waals surface area (Å²) >= 11 is 1.28. The highest BCUT2D eigenvalue weighted by Gasteiger charge is 2.10. The summed E-state index contributed by atoms with van der Waals surface area (Å²) in [7, 11) is 1.36. The van der Waals surface area contributed by atoms with Crippen molar-refractivity contribution < 1.29 is 9.53 Å². The molecular weight excluding hydrogens is 260 g/mol. The number of anilines is 2. The van der Waals surface area contributed by atoms with Crippen LogP contribution < -0.4 is 5.32 Å². The molecule has 0 radical (unpaired) electrons. The Hall–Kier alpha value is -1.88. The molecule has 0 amide bonds. The highest BCUT2D eigenvalue weighted by molar-refractivity contribution is 7.17. The van der Waals surface area contributed by atoms with Crippen LogP contribution in [0.3, 0.4) is 0 Å². The van der Waals surface area contributed by atoms with Gasteiger partial charge in [-0.3, -0.25) is 0 Å². The second-order valence-electron chi connectivity index (χ2n) is 4.09. The number of hydrogen-bond donors (Lipinski definition) is 1. The van der Waals surface area contributed by atoms with Crippen LogP contribution in [0.2, 0.25) is 0 Å². The van der Waals surface area contributed by atoms with E-state index in [1.807, 2.05) is 12.1 Å². The normalized spacial score (nSPS) is 10.2. The van der Waals surface area contributed by atoms with Crippen molar-refractivity contribution >= 4 is 28.1 Å². The maximum Gasteiger partial charge on any atom is 0.349 e. The molecule has 2 aromatic rings. The Labute approximate surface area is 116 Å². The molecule has 2 rings (SSSR count). The maximum atomic E-state index is 11.3. The van der Waals surface area contributed by atoms with Crippen molar-refractivity contribution in [2.75, 3.05) is 12.4 Å². The summed E-state index contributed by atoms with van der Waals surface area (Å²) in [6.45, 7) is 2.16. The van der Waals surface area contributed by atoms with Gasteiger partial charge in [-0.15, -0.1) is 0 Å². The van der Waals surface area contributed by atoms with Gasteiger partial charge in [0.25, 0.3) is 0 Å². The van der Waals surface area contributed by atoms with Crippen LogP contribution in [0.5, 0.6) is 0 Å². The number of benzene rings is 1. The lowest BCUT2D eigenvalue weighted by Crippen LogP contribution is -1.96. The van der Waals surface area contributed by atoms with Crippen molar-refractivity contribution in [3.63, 3.8) is 0 Å². The maximum absolute atomic E-state index is 11.3. The fraction of sp³-hybridized carbons (Fsp3) is 0.286. The van der Waals surface area contributed by atoms with Crippen LogP contribution in [0.25, 0.3) is 0 Å². The number of methoxy groups -OCH3 is 1. The van der Waals surface area contributed by atoms with Gasteiger partial charge in [0.1, 0.15) is 4.88 Å². The average Bonchev–Trinajstić information content (AvgIpc) is 2.89. The Morgan fingerprint density at radius 2 is 2.11 bits per heavy atom. The standard InChI is InChI=1S/C14H16N2O2S/c1-3-4-10-5-7-11(8-6-10)16-14-15-9-12(19-14)13(17)18-2/h5-9H,3-4H2,1-2H3,(H,15,16). The van der Waals surface area contributed by atoms with Gasteiger partial charge in [-0.05, 0) is 24.1 Å². The average molecular weight is 276 g/mol. The minimum absolute atomic E-state index is 0.358.